The van der Waals surface area contributed by atoms with Crippen molar-refractivity contribution >= 4 is 6.09 Å². The van der Waals surface area contributed by atoms with E-state index in [4.69, 9.17) is 15.9 Å². The zero-order chi connectivity index (χ0) is 16.8. The minimum absolute atomic E-state index is 0.302. The fraction of sp³-hybridized carbons (Fsp3) is 0.824. The van der Waals surface area contributed by atoms with Crippen LogP contribution in [0.15, 0.2) is 0 Å². The first-order valence-electron chi connectivity index (χ1n) is 8.01. The van der Waals surface area contributed by atoms with E-state index < -0.39 is 5.60 Å². The summed E-state index contributed by atoms with van der Waals surface area (Å²) >= 11 is 0. The molecule has 22 heavy (non-hydrogen) atoms. The van der Waals surface area contributed by atoms with Gasteiger partial charge in [-0.3, -0.25) is 0 Å². The molecule has 0 bridgehead atoms. The quantitative estimate of drug-likeness (QED) is 0.455. The summed E-state index contributed by atoms with van der Waals surface area (Å²) in [5.41, 5.74) is -0.456. The summed E-state index contributed by atoms with van der Waals surface area (Å²) in [7, 11) is 1.70. The van der Waals surface area contributed by atoms with Crippen molar-refractivity contribution < 1.29 is 14.3 Å². The van der Waals surface area contributed by atoms with E-state index in [0.717, 1.165) is 38.6 Å². The number of alkyl carbamates (subject to hydrolysis) is 1. The Morgan fingerprint density at radius 2 is 1.95 bits per heavy atom. The van der Waals surface area contributed by atoms with Gasteiger partial charge in [-0.2, -0.15) is 0 Å². The number of hydrogen-bond acceptors (Lipinski definition) is 4. The lowest BCUT2D eigenvalue weighted by Crippen LogP contribution is -2.36. The van der Waals surface area contributed by atoms with Crippen molar-refractivity contribution in [1.29, 1.82) is 0 Å². The predicted octanol–water partition coefficient (Wildman–Crippen LogP) is 2.70. The normalized spacial score (nSPS) is 12.5. The second-order valence-electron chi connectivity index (χ2n) is 6.34. The van der Waals surface area contributed by atoms with Gasteiger partial charge in [-0.15, -0.1) is 12.3 Å². The number of nitrogens with one attached hydrogen (secondary N) is 2. The Hall–Kier alpha value is -1.25. The lowest BCUT2D eigenvalue weighted by molar-refractivity contribution is 0.0526. The van der Waals surface area contributed by atoms with Crippen molar-refractivity contribution in [2.75, 3.05) is 26.8 Å². The van der Waals surface area contributed by atoms with E-state index in [9.17, 15) is 4.79 Å². The van der Waals surface area contributed by atoms with Gasteiger partial charge in [-0.05, 0) is 53.0 Å². The molecular formula is C17H32N2O3. The Balaban J connectivity index is 3.77. The molecule has 0 aliphatic rings. The van der Waals surface area contributed by atoms with E-state index >= 15 is 0 Å². The van der Waals surface area contributed by atoms with Crippen molar-refractivity contribution in [3.05, 3.63) is 0 Å². The summed E-state index contributed by atoms with van der Waals surface area (Å²) in [6.07, 6.45) is 9.63. The molecule has 0 aromatic rings. The SMILES string of the molecule is C#CCCCCNC(CCCNC(=O)OC(C)(C)C)COC. The molecule has 1 atom stereocenters. The maximum Gasteiger partial charge on any atom is 0.407 e. The molecule has 5 nitrogen and oxygen atoms in total. The number of amides is 1. The van der Waals surface area contributed by atoms with Crippen molar-refractivity contribution in [1.82, 2.24) is 10.6 Å². The van der Waals surface area contributed by atoms with Crippen molar-refractivity contribution in [3.63, 3.8) is 0 Å². The summed E-state index contributed by atoms with van der Waals surface area (Å²) in [5.74, 6) is 2.64. The number of hydrogen-bond donors (Lipinski definition) is 2. The van der Waals surface area contributed by atoms with Gasteiger partial charge >= 0.3 is 6.09 Å². The first-order valence-corrected chi connectivity index (χ1v) is 8.01. The van der Waals surface area contributed by atoms with Crippen LogP contribution in [0.2, 0.25) is 0 Å². The van der Waals surface area contributed by atoms with E-state index in [1.165, 1.54) is 0 Å². The Labute approximate surface area is 135 Å². The van der Waals surface area contributed by atoms with Crippen LogP contribution in [-0.2, 0) is 9.47 Å². The zero-order valence-electron chi connectivity index (χ0n) is 14.5. The van der Waals surface area contributed by atoms with Crippen LogP contribution in [0.1, 0.15) is 52.9 Å². The van der Waals surface area contributed by atoms with Gasteiger partial charge in [-0.1, -0.05) is 0 Å². The molecule has 0 aromatic carbocycles. The minimum Gasteiger partial charge on any atom is -0.444 e. The molecule has 0 fully saturated rings. The number of unbranched alkanes of at least 4 members (excludes halogenated alkanes) is 2. The van der Waals surface area contributed by atoms with Crippen LogP contribution in [0.4, 0.5) is 4.79 Å². The van der Waals surface area contributed by atoms with Crippen LogP contribution in [-0.4, -0.2) is 44.5 Å². The summed E-state index contributed by atoms with van der Waals surface area (Å²) < 4.78 is 10.4. The largest absolute Gasteiger partial charge is 0.444 e. The summed E-state index contributed by atoms with van der Waals surface area (Å²) in [6.45, 7) is 7.77. The fourth-order valence-electron chi connectivity index (χ4n) is 1.96. The summed E-state index contributed by atoms with van der Waals surface area (Å²) in [6, 6.07) is 0.302. The molecule has 2 N–H and O–H groups in total. The number of ether oxygens (including phenoxy) is 2. The third kappa shape index (κ3) is 13.7. The number of carbonyl (C=O) groups excluding carboxylic acids is 1. The molecule has 0 spiro atoms. The molecule has 0 saturated carbocycles. The standard InChI is InChI=1S/C17H32N2O3/c1-6-7-8-9-12-18-15(14-21-5)11-10-13-19-16(20)22-17(2,3)4/h1,15,18H,7-14H2,2-5H3,(H,19,20). The van der Waals surface area contributed by atoms with Crippen LogP contribution in [0.25, 0.3) is 0 Å². The Morgan fingerprint density at radius 1 is 1.23 bits per heavy atom. The van der Waals surface area contributed by atoms with Crippen LogP contribution < -0.4 is 10.6 Å². The summed E-state index contributed by atoms with van der Waals surface area (Å²) in [4.78, 5) is 11.5. The van der Waals surface area contributed by atoms with Crippen molar-refractivity contribution in [3.8, 4) is 12.3 Å². The maximum absolute atomic E-state index is 11.5. The average molecular weight is 312 g/mol. The van der Waals surface area contributed by atoms with Gasteiger partial charge in [0.2, 0.25) is 0 Å². The van der Waals surface area contributed by atoms with Crippen LogP contribution in [0.3, 0.4) is 0 Å². The van der Waals surface area contributed by atoms with E-state index in [0.29, 0.717) is 19.2 Å². The second-order valence-corrected chi connectivity index (χ2v) is 6.34. The molecule has 1 amide bonds. The maximum atomic E-state index is 11.5. The molecule has 0 rings (SSSR count). The monoisotopic (exact) mass is 312 g/mol. The fourth-order valence-corrected chi connectivity index (χ4v) is 1.96. The third-order valence-electron chi connectivity index (χ3n) is 2.95. The Morgan fingerprint density at radius 3 is 2.55 bits per heavy atom. The predicted molar refractivity (Wildman–Crippen MR) is 89.8 cm³/mol. The van der Waals surface area contributed by atoms with E-state index in [1.54, 1.807) is 7.11 Å². The number of carbonyl (C=O) groups is 1. The summed E-state index contributed by atoms with van der Waals surface area (Å²) in [5, 5.41) is 6.24. The van der Waals surface area contributed by atoms with E-state index in [-0.39, 0.29) is 6.09 Å². The molecule has 0 aromatic heterocycles. The average Bonchev–Trinajstić information content (AvgIpc) is 2.41. The highest BCUT2D eigenvalue weighted by atomic mass is 16.6. The molecule has 0 saturated heterocycles. The number of terminal acetylenes is 1. The zero-order valence-corrected chi connectivity index (χ0v) is 14.5. The molecule has 1 unspecified atom stereocenters. The second kappa shape index (κ2) is 12.3. The van der Waals surface area contributed by atoms with Gasteiger partial charge in [0.05, 0.1) is 6.61 Å². The van der Waals surface area contributed by atoms with Gasteiger partial charge in [0.25, 0.3) is 0 Å². The van der Waals surface area contributed by atoms with Crippen LogP contribution >= 0.6 is 0 Å². The molecule has 0 heterocycles. The lowest BCUT2D eigenvalue weighted by atomic mass is 10.1. The lowest BCUT2D eigenvalue weighted by Gasteiger charge is -2.20. The Kier molecular flexibility index (Phi) is 11.6. The van der Waals surface area contributed by atoms with Crippen molar-refractivity contribution in [2.45, 2.75) is 64.5 Å². The van der Waals surface area contributed by atoms with Crippen LogP contribution in [0.5, 0.6) is 0 Å². The van der Waals surface area contributed by atoms with Gasteiger partial charge in [0.15, 0.2) is 0 Å². The van der Waals surface area contributed by atoms with Gasteiger partial charge in [0, 0.05) is 26.1 Å². The van der Waals surface area contributed by atoms with Gasteiger partial charge < -0.3 is 20.1 Å². The minimum atomic E-state index is -0.456. The van der Waals surface area contributed by atoms with Gasteiger partial charge in [0.1, 0.15) is 5.60 Å². The van der Waals surface area contributed by atoms with Crippen LogP contribution in [0, 0.1) is 12.3 Å². The van der Waals surface area contributed by atoms with Gasteiger partial charge in [-0.25, -0.2) is 4.79 Å². The highest BCUT2D eigenvalue weighted by Gasteiger charge is 2.15. The molecule has 128 valence electrons. The molecular weight excluding hydrogens is 280 g/mol. The number of rotatable bonds is 11. The molecule has 0 aliphatic heterocycles. The third-order valence-corrected chi connectivity index (χ3v) is 2.95. The molecule has 0 radical (unpaired) electrons. The highest BCUT2D eigenvalue weighted by molar-refractivity contribution is 5.67. The molecule has 0 aliphatic carbocycles. The van der Waals surface area contributed by atoms with Crippen molar-refractivity contribution in [2.24, 2.45) is 0 Å². The Bertz CT molecular complexity index is 332. The first-order chi connectivity index (χ1) is 10.4. The van der Waals surface area contributed by atoms with E-state index in [1.807, 2.05) is 20.8 Å². The molecule has 5 heteroatoms. The smallest absolute Gasteiger partial charge is 0.407 e. The topological polar surface area (TPSA) is 59.6 Å². The van der Waals surface area contributed by atoms with E-state index in [2.05, 4.69) is 16.6 Å². The number of methoxy groups -OCH3 is 1. The first kappa shape index (κ1) is 20.8. The highest BCUT2D eigenvalue weighted by Crippen LogP contribution is 2.06.